The molecule has 0 bridgehead atoms. The highest BCUT2D eigenvalue weighted by atomic mass is 16.5. The van der Waals surface area contributed by atoms with E-state index in [9.17, 15) is 10.2 Å². The number of ether oxygens (including phenoxy) is 2. The van der Waals surface area contributed by atoms with E-state index in [0.29, 0.717) is 57.8 Å². The van der Waals surface area contributed by atoms with Gasteiger partial charge in [0.05, 0.1) is 24.4 Å². The summed E-state index contributed by atoms with van der Waals surface area (Å²) in [5, 5.41) is 23.4. The van der Waals surface area contributed by atoms with Gasteiger partial charge in [0.2, 0.25) is 0 Å². The minimum Gasteiger partial charge on any atom is -0.389 e. The largest absolute Gasteiger partial charge is 0.389 e. The Bertz CT molecular complexity index is 294. The van der Waals surface area contributed by atoms with Crippen molar-refractivity contribution in [2.24, 2.45) is 5.92 Å². The lowest BCUT2D eigenvalue weighted by molar-refractivity contribution is -0.0663. The predicted octanol–water partition coefficient (Wildman–Crippen LogP) is 1.07. The van der Waals surface area contributed by atoms with Gasteiger partial charge in [0.25, 0.3) is 0 Å². The van der Waals surface area contributed by atoms with Gasteiger partial charge in [-0.05, 0) is 18.8 Å². The molecule has 3 N–H and O–H groups in total. The van der Waals surface area contributed by atoms with E-state index < -0.39 is 11.7 Å². The van der Waals surface area contributed by atoms with Crippen LogP contribution in [0.25, 0.3) is 0 Å². The third kappa shape index (κ3) is 5.83. The molecule has 2 rings (SSSR count). The molecule has 0 aromatic heterocycles. The van der Waals surface area contributed by atoms with Crippen molar-refractivity contribution in [3.63, 3.8) is 0 Å². The van der Waals surface area contributed by atoms with Crippen LogP contribution < -0.4 is 5.32 Å². The SMILES string of the molecule is CC1CCCCC1OCC(O)CNCC1(O)CCOCC1. The van der Waals surface area contributed by atoms with Gasteiger partial charge in [-0.25, -0.2) is 0 Å². The Morgan fingerprint density at radius 3 is 2.71 bits per heavy atom. The van der Waals surface area contributed by atoms with Crippen molar-refractivity contribution in [1.82, 2.24) is 5.32 Å². The molecule has 5 nitrogen and oxygen atoms in total. The highest BCUT2D eigenvalue weighted by Gasteiger charge is 2.29. The lowest BCUT2D eigenvalue weighted by Gasteiger charge is -2.33. The lowest BCUT2D eigenvalue weighted by Crippen LogP contribution is -2.47. The van der Waals surface area contributed by atoms with E-state index in [1.807, 2.05) is 0 Å². The standard InChI is InChI=1S/C16H31NO4/c1-13-4-2-3-5-15(13)21-11-14(18)10-17-12-16(19)6-8-20-9-7-16/h13-15,17-19H,2-12H2,1H3. The normalized spacial score (nSPS) is 31.0. The molecule has 0 aromatic carbocycles. The topological polar surface area (TPSA) is 71.0 Å². The first-order chi connectivity index (χ1) is 10.1. The summed E-state index contributed by atoms with van der Waals surface area (Å²) in [7, 11) is 0. The van der Waals surface area contributed by atoms with Crippen molar-refractivity contribution in [3.8, 4) is 0 Å². The van der Waals surface area contributed by atoms with Crippen LogP contribution in [0.3, 0.4) is 0 Å². The maximum absolute atomic E-state index is 10.3. The average molecular weight is 301 g/mol. The number of aliphatic hydroxyl groups excluding tert-OH is 1. The van der Waals surface area contributed by atoms with E-state index >= 15 is 0 Å². The Hall–Kier alpha value is -0.200. The van der Waals surface area contributed by atoms with E-state index in [1.54, 1.807) is 0 Å². The summed E-state index contributed by atoms with van der Waals surface area (Å²) >= 11 is 0. The zero-order chi connectivity index (χ0) is 15.1. The summed E-state index contributed by atoms with van der Waals surface area (Å²) in [6.07, 6.45) is 5.98. The smallest absolute Gasteiger partial charge is 0.0897 e. The molecular weight excluding hydrogens is 270 g/mol. The van der Waals surface area contributed by atoms with Crippen molar-refractivity contribution >= 4 is 0 Å². The second-order valence-corrected chi connectivity index (χ2v) is 6.75. The van der Waals surface area contributed by atoms with Crippen LogP contribution in [0.2, 0.25) is 0 Å². The number of aliphatic hydroxyl groups is 2. The van der Waals surface area contributed by atoms with Gasteiger partial charge in [-0.15, -0.1) is 0 Å². The van der Waals surface area contributed by atoms with E-state index in [2.05, 4.69) is 12.2 Å². The first-order valence-electron chi connectivity index (χ1n) is 8.39. The average Bonchev–Trinajstić information content (AvgIpc) is 2.47. The molecule has 5 heteroatoms. The quantitative estimate of drug-likeness (QED) is 0.656. The molecule has 1 saturated carbocycles. The van der Waals surface area contributed by atoms with Crippen LogP contribution in [0.4, 0.5) is 0 Å². The summed E-state index contributed by atoms with van der Waals surface area (Å²) in [6.45, 7) is 4.81. The van der Waals surface area contributed by atoms with Crippen molar-refractivity contribution in [3.05, 3.63) is 0 Å². The maximum atomic E-state index is 10.3. The highest BCUT2D eigenvalue weighted by molar-refractivity contribution is 4.83. The third-order valence-corrected chi connectivity index (χ3v) is 4.79. The van der Waals surface area contributed by atoms with Crippen molar-refractivity contribution in [2.75, 3.05) is 32.9 Å². The van der Waals surface area contributed by atoms with Gasteiger partial charge in [0.1, 0.15) is 0 Å². The van der Waals surface area contributed by atoms with Crippen molar-refractivity contribution in [1.29, 1.82) is 0 Å². The Morgan fingerprint density at radius 1 is 1.29 bits per heavy atom. The van der Waals surface area contributed by atoms with Gasteiger partial charge in [-0.2, -0.15) is 0 Å². The minimum absolute atomic E-state index is 0.299. The van der Waals surface area contributed by atoms with Gasteiger partial charge in [0, 0.05) is 39.1 Å². The Labute approximate surface area is 128 Å². The fraction of sp³-hybridized carbons (Fsp3) is 1.00. The number of hydrogen-bond donors (Lipinski definition) is 3. The highest BCUT2D eigenvalue weighted by Crippen LogP contribution is 2.26. The molecule has 1 aliphatic carbocycles. The number of rotatable bonds is 7. The lowest BCUT2D eigenvalue weighted by atomic mass is 9.88. The van der Waals surface area contributed by atoms with E-state index in [4.69, 9.17) is 9.47 Å². The third-order valence-electron chi connectivity index (χ3n) is 4.79. The first-order valence-corrected chi connectivity index (χ1v) is 8.39. The second-order valence-electron chi connectivity index (χ2n) is 6.75. The molecule has 2 aliphatic rings. The monoisotopic (exact) mass is 301 g/mol. The minimum atomic E-state index is -0.684. The first kappa shape index (κ1) is 17.2. The fourth-order valence-electron chi connectivity index (χ4n) is 3.22. The Morgan fingerprint density at radius 2 is 2.00 bits per heavy atom. The maximum Gasteiger partial charge on any atom is 0.0897 e. The van der Waals surface area contributed by atoms with Crippen molar-refractivity contribution in [2.45, 2.75) is 63.3 Å². The molecule has 0 radical (unpaired) electrons. The Balaban J connectivity index is 1.57. The molecule has 1 heterocycles. The van der Waals surface area contributed by atoms with E-state index in [-0.39, 0.29) is 0 Å². The van der Waals surface area contributed by atoms with Crippen LogP contribution in [0.1, 0.15) is 45.4 Å². The molecule has 1 aliphatic heterocycles. The molecule has 3 unspecified atom stereocenters. The molecule has 2 fully saturated rings. The summed E-state index contributed by atoms with van der Waals surface area (Å²) in [6, 6.07) is 0. The summed E-state index contributed by atoms with van der Waals surface area (Å²) in [4.78, 5) is 0. The molecule has 1 saturated heterocycles. The van der Waals surface area contributed by atoms with Gasteiger partial charge in [-0.1, -0.05) is 19.8 Å². The second kappa shape index (κ2) is 8.44. The molecule has 0 spiro atoms. The van der Waals surface area contributed by atoms with Crippen LogP contribution in [-0.2, 0) is 9.47 Å². The molecule has 3 atom stereocenters. The number of nitrogens with one attached hydrogen (secondary N) is 1. The van der Waals surface area contributed by atoms with Gasteiger partial charge >= 0.3 is 0 Å². The molecule has 0 amide bonds. The molecule has 0 aromatic rings. The number of hydrogen-bond acceptors (Lipinski definition) is 5. The summed E-state index contributed by atoms with van der Waals surface area (Å²) in [5.74, 6) is 0.599. The molecule has 124 valence electrons. The van der Waals surface area contributed by atoms with Crippen LogP contribution in [0.15, 0.2) is 0 Å². The zero-order valence-corrected chi connectivity index (χ0v) is 13.2. The Kier molecular flexibility index (Phi) is 6.89. The fourth-order valence-corrected chi connectivity index (χ4v) is 3.22. The van der Waals surface area contributed by atoms with Gasteiger partial charge in [-0.3, -0.25) is 0 Å². The van der Waals surface area contributed by atoms with Gasteiger partial charge < -0.3 is 25.0 Å². The molecular formula is C16H31NO4. The summed E-state index contributed by atoms with van der Waals surface area (Å²) < 4.78 is 11.1. The van der Waals surface area contributed by atoms with Crippen LogP contribution in [-0.4, -0.2) is 60.9 Å². The zero-order valence-electron chi connectivity index (χ0n) is 13.2. The van der Waals surface area contributed by atoms with E-state index in [0.717, 1.165) is 6.42 Å². The van der Waals surface area contributed by atoms with Crippen LogP contribution in [0.5, 0.6) is 0 Å². The predicted molar refractivity (Wildman–Crippen MR) is 81.3 cm³/mol. The van der Waals surface area contributed by atoms with Crippen LogP contribution in [0, 0.1) is 5.92 Å². The van der Waals surface area contributed by atoms with Crippen LogP contribution >= 0.6 is 0 Å². The van der Waals surface area contributed by atoms with Crippen molar-refractivity contribution < 1.29 is 19.7 Å². The molecule has 21 heavy (non-hydrogen) atoms. The summed E-state index contributed by atoms with van der Waals surface area (Å²) in [5.41, 5.74) is -0.684. The van der Waals surface area contributed by atoms with E-state index in [1.165, 1.54) is 19.3 Å². The van der Waals surface area contributed by atoms with Gasteiger partial charge in [0.15, 0.2) is 0 Å².